The lowest BCUT2D eigenvalue weighted by Crippen LogP contribution is -2.64. The van der Waals surface area contributed by atoms with Gasteiger partial charge in [0.05, 0.1) is 18.8 Å². The van der Waals surface area contributed by atoms with Crippen LogP contribution in [0.5, 0.6) is 0 Å². The third kappa shape index (κ3) is 4.33. The Morgan fingerprint density at radius 3 is 2.04 bits per heavy atom. The van der Waals surface area contributed by atoms with E-state index in [1.807, 2.05) is 0 Å². The Hall–Kier alpha value is -4.71. The highest BCUT2D eigenvalue weighted by atomic mass is 19.4. The van der Waals surface area contributed by atoms with Crippen molar-refractivity contribution in [2.75, 3.05) is 16.4 Å². The van der Waals surface area contributed by atoms with Crippen molar-refractivity contribution in [1.82, 2.24) is 5.32 Å². The molecule has 12 heteroatoms. The molecule has 6 rings (SSSR count). The minimum absolute atomic E-state index is 0.0391. The van der Waals surface area contributed by atoms with E-state index < -0.39 is 58.6 Å². The van der Waals surface area contributed by atoms with E-state index in [1.165, 1.54) is 42.2 Å². The molecule has 0 unspecified atom stereocenters. The average molecular weight is 636 g/mol. The Morgan fingerprint density at radius 2 is 1.43 bits per heavy atom. The third-order valence-electron chi connectivity index (χ3n) is 8.69. The molecular formula is C34H32F3N3O6. The van der Waals surface area contributed by atoms with E-state index in [1.54, 1.807) is 69.3 Å². The van der Waals surface area contributed by atoms with Gasteiger partial charge in [-0.05, 0) is 51.0 Å². The van der Waals surface area contributed by atoms with Gasteiger partial charge in [0, 0.05) is 11.3 Å². The van der Waals surface area contributed by atoms with E-state index in [0.717, 1.165) is 0 Å². The Labute approximate surface area is 263 Å². The van der Waals surface area contributed by atoms with Gasteiger partial charge in [0.2, 0.25) is 0 Å². The second-order valence-corrected chi connectivity index (χ2v) is 12.5. The molecule has 3 aliphatic heterocycles. The van der Waals surface area contributed by atoms with Crippen molar-refractivity contribution in [3.05, 3.63) is 95.6 Å². The van der Waals surface area contributed by atoms with Gasteiger partial charge in [-0.1, -0.05) is 66.7 Å². The summed E-state index contributed by atoms with van der Waals surface area (Å²) in [4.78, 5) is 59.8. The molecule has 1 saturated heterocycles. The van der Waals surface area contributed by atoms with Crippen molar-refractivity contribution in [3.63, 3.8) is 0 Å². The number of carbonyl (C=O) groups excluding carboxylic acids is 4. The maximum Gasteiger partial charge on any atom is 0.421 e. The molecule has 3 aromatic carbocycles. The Bertz CT molecular complexity index is 1740. The van der Waals surface area contributed by atoms with Crippen molar-refractivity contribution >= 4 is 35.3 Å². The fourth-order valence-corrected chi connectivity index (χ4v) is 7.18. The van der Waals surface area contributed by atoms with Crippen molar-refractivity contribution in [2.24, 2.45) is 5.92 Å². The molecule has 240 valence electrons. The number of alkyl halides is 3. The van der Waals surface area contributed by atoms with Crippen molar-refractivity contribution in [1.29, 1.82) is 0 Å². The van der Waals surface area contributed by atoms with Gasteiger partial charge in [0.15, 0.2) is 0 Å². The largest absolute Gasteiger partial charge is 0.466 e. The molecule has 3 aromatic rings. The standard InChI is InChI=1S/C34H32F3N3O6/c1-5-45-27(41)25-26(34(35,36)37)38-33(22-16-10-11-17-23(22)39(29(33)43)19-20-13-7-6-8-14-20)32(25)21-15-9-12-18-24(21)40(28(32)42)30(44)46-31(2,3)4/h6-18,25-26,38H,5,19H2,1-4H3/t25-,26-,32+,33-/m1/s1. The number of benzene rings is 3. The Morgan fingerprint density at radius 1 is 0.848 bits per heavy atom. The molecule has 3 amide bonds. The quantitative estimate of drug-likeness (QED) is 0.385. The smallest absolute Gasteiger partial charge is 0.421 e. The van der Waals surface area contributed by atoms with Gasteiger partial charge in [-0.3, -0.25) is 19.7 Å². The molecule has 0 saturated carbocycles. The first-order valence-corrected chi connectivity index (χ1v) is 14.8. The number of para-hydroxylation sites is 2. The van der Waals surface area contributed by atoms with Crippen molar-refractivity contribution in [3.8, 4) is 0 Å². The maximum atomic E-state index is 15.2. The fourth-order valence-electron chi connectivity index (χ4n) is 7.18. The molecule has 1 N–H and O–H groups in total. The van der Waals surface area contributed by atoms with Gasteiger partial charge in [-0.15, -0.1) is 0 Å². The molecule has 4 atom stereocenters. The summed E-state index contributed by atoms with van der Waals surface area (Å²) in [7, 11) is 0. The number of nitrogens with zero attached hydrogens (tertiary/aromatic N) is 2. The highest BCUT2D eigenvalue weighted by Gasteiger charge is 2.83. The Balaban J connectivity index is 1.70. The Kier molecular flexibility index (Phi) is 7.27. The van der Waals surface area contributed by atoms with Gasteiger partial charge in [0.1, 0.15) is 28.5 Å². The van der Waals surface area contributed by atoms with Crippen LogP contribution in [0.15, 0.2) is 78.9 Å². The van der Waals surface area contributed by atoms with Gasteiger partial charge in [-0.25, -0.2) is 9.69 Å². The van der Waals surface area contributed by atoms with Crippen LogP contribution in [-0.2, 0) is 41.4 Å². The zero-order valence-corrected chi connectivity index (χ0v) is 25.6. The topological polar surface area (TPSA) is 105 Å². The van der Waals surface area contributed by atoms with Crippen molar-refractivity contribution in [2.45, 2.75) is 63.0 Å². The van der Waals surface area contributed by atoms with Gasteiger partial charge < -0.3 is 14.4 Å². The van der Waals surface area contributed by atoms with E-state index in [0.29, 0.717) is 10.5 Å². The summed E-state index contributed by atoms with van der Waals surface area (Å²) in [6.07, 6.45) is -6.29. The molecule has 46 heavy (non-hydrogen) atoms. The normalized spacial score (nSPS) is 25.3. The highest BCUT2D eigenvalue weighted by molar-refractivity contribution is 6.27. The summed E-state index contributed by atoms with van der Waals surface area (Å²) in [6, 6.07) is 18.1. The maximum absolute atomic E-state index is 15.2. The molecule has 2 spiro atoms. The molecule has 9 nitrogen and oxygen atoms in total. The number of hydrogen-bond acceptors (Lipinski definition) is 7. The number of imide groups is 1. The molecule has 3 aliphatic rings. The number of nitrogens with one attached hydrogen (secondary N) is 1. The number of ether oxygens (including phenoxy) is 2. The van der Waals surface area contributed by atoms with Crippen LogP contribution in [0.1, 0.15) is 44.4 Å². The minimum atomic E-state index is -5.13. The molecule has 0 bridgehead atoms. The molecule has 0 aromatic heterocycles. The molecule has 1 fully saturated rings. The van der Waals surface area contributed by atoms with Crippen LogP contribution in [0, 0.1) is 5.92 Å². The number of halogens is 3. The number of esters is 1. The van der Waals surface area contributed by atoms with Crippen molar-refractivity contribution < 1.29 is 41.8 Å². The molecule has 3 heterocycles. The predicted octanol–water partition coefficient (Wildman–Crippen LogP) is 5.36. The van der Waals surface area contributed by atoms with Crippen LogP contribution in [0.3, 0.4) is 0 Å². The minimum Gasteiger partial charge on any atom is -0.466 e. The summed E-state index contributed by atoms with van der Waals surface area (Å²) < 4.78 is 56.4. The number of amides is 3. The lowest BCUT2D eigenvalue weighted by molar-refractivity contribution is -0.179. The van der Waals surface area contributed by atoms with E-state index in [-0.39, 0.29) is 35.7 Å². The lowest BCUT2D eigenvalue weighted by Gasteiger charge is -2.40. The average Bonchev–Trinajstić information content (AvgIpc) is 3.55. The number of fused-ring (bicyclic) bond motifs is 5. The number of anilines is 2. The summed E-state index contributed by atoms with van der Waals surface area (Å²) in [6.45, 7) is 5.82. The first-order valence-electron chi connectivity index (χ1n) is 14.8. The van der Waals surface area contributed by atoms with E-state index in [9.17, 15) is 9.59 Å². The molecular weight excluding hydrogens is 603 g/mol. The van der Waals surface area contributed by atoms with Crippen LogP contribution in [0.25, 0.3) is 0 Å². The van der Waals surface area contributed by atoms with Crippen LogP contribution >= 0.6 is 0 Å². The second kappa shape index (κ2) is 10.7. The summed E-state index contributed by atoms with van der Waals surface area (Å²) in [5.74, 6) is -5.73. The number of hydrogen-bond donors (Lipinski definition) is 1. The molecule has 0 radical (unpaired) electrons. The lowest BCUT2D eigenvalue weighted by atomic mass is 9.58. The zero-order valence-electron chi connectivity index (χ0n) is 25.6. The van der Waals surface area contributed by atoms with Gasteiger partial charge >= 0.3 is 18.2 Å². The van der Waals surface area contributed by atoms with E-state index >= 15 is 22.8 Å². The van der Waals surface area contributed by atoms with Gasteiger partial charge in [0.25, 0.3) is 11.8 Å². The second-order valence-electron chi connectivity index (χ2n) is 12.5. The summed E-state index contributed by atoms with van der Waals surface area (Å²) in [5.41, 5.74) is -5.39. The summed E-state index contributed by atoms with van der Waals surface area (Å²) in [5, 5.41) is 2.51. The van der Waals surface area contributed by atoms with E-state index in [2.05, 4.69) is 5.32 Å². The fraction of sp³-hybridized carbons (Fsp3) is 0.353. The van der Waals surface area contributed by atoms with Crippen LogP contribution < -0.4 is 15.1 Å². The SMILES string of the molecule is CCOC(=O)[C@H]1[C@H](C(F)(F)F)N[C@]2(C(=O)N(Cc3ccccc3)c3ccccc32)[C@]12C(=O)N(C(=O)OC(C)(C)C)c1ccccc12. The third-order valence-corrected chi connectivity index (χ3v) is 8.69. The first-order chi connectivity index (χ1) is 21.7. The number of rotatable bonds is 4. The zero-order chi connectivity index (χ0) is 33.2. The van der Waals surface area contributed by atoms with Crippen LogP contribution in [0.2, 0.25) is 0 Å². The van der Waals surface area contributed by atoms with Gasteiger partial charge in [-0.2, -0.15) is 13.2 Å². The number of carbonyl (C=O) groups is 4. The summed E-state index contributed by atoms with van der Waals surface area (Å²) >= 11 is 0. The van der Waals surface area contributed by atoms with Crippen LogP contribution in [0.4, 0.5) is 29.3 Å². The molecule has 0 aliphatic carbocycles. The monoisotopic (exact) mass is 635 g/mol. The van der Waals surface area contributed by atoms with Crippen LogP contribution in [-0.4, -0.2) is 48.3 Å². The first kappa shape index (κ1) is 31.3. The van der Waals surface area contributed by atoms with E-state index in [4.69, 9.17) is 9.47 Å². The predicted molar refractivity (Wildman–Crippen MR) is 161 cm³/mol. The highest BCUT2D eigenvalue weighted by Crippen LogP contribution is 2.65.